The van der Waals surface area contributed by atoms with E-state index >= 15 is 0 Å². The molecule has 0 bridgehead atoms. The molecule has 2 aromatic rings. The number of likely N-dealkylation sites (tertiary alicyclic amines) is 1. The number of hydrogen-bond acceptors (Lipinski definition) is 4. The molecule has 4 rings (SSSR count). The molecule has 0 aliphatic carbocycles. The molecular weight excluding hydrogens is 412 g/mol. The second-order valence-electron chi connectivity index (χ2n) is 9.43. The molecule has 0 unspecified atom stereocenters. The lowest BCUT2D eigenvalue weighted by atomic mass is 10.0. The largest absolute Gasteiger partial charge is 0.382 e. The summed E-state index contributed by atoms with van der Waals surface area (Å²) < 4.78 is 0. The summed E-state index contributed by atoms with van der Waals surface area (Å²) in [4.78, 5) is 8.72. The Kier molecular flexibility index (Phi) is 8.04. The molecule has 4 nitrogen and oxygen atoms in total. The first-order valence-electron chi connectivity index (χ1n) is 12.2. The monoisotopic (exact) mass is 450 g/mol. The van der Waals surface area contributed by atoms with Crippen LogP contribution in [0.4, 0.5) is 11.4 Å². The third-order valence-electron chi connectivity index (χ3n) is 6.91. The number of piperidine rings is 1. The van der Waals surface area contributed by atoms with Gasteiger partial charge < -0.3 is 15.1 Å². The quantitative estimate of drug-likeness (QED) is 0.590. The van der Waals surface area contributed by atoms with Gasteiger partial charge in [-0.25, -0.2) is 0 Å². The first kappa shape index (κ1) is 23.1. The number of aryl methyl sites for hydroxylation is 2. The molecule has 0 amide bonds. The number of rotatable bonds is 7. The van der Waals surface area contributed by atoms with Gasteiger partial charge in [0.15, 0.2) is 0 Å². The summed E-state index contributed by atoms with van der Waals surface area (Å²) in [6.45, 7) is 12.1. The Morgan fingerprint density at radius 3 is 2.06 bits per heavy atom. The van der Waals surface area contributed by atoms with Gasteiger partial charge in [0.25, 0.3) is 0 Å². The average Bonchev–Trinajstić information content (AvgIpc) is 2.82. The van der Waals surface area contributed by atoms with Gasteiger partial charge in [-0.15, -0.1) is 0 Å². The third kappa shape index (κ3) is 6.46. The summed E-state index contributed by atoms with van der Waals surface area (Å²) in [5.74, 6) is 0. The molecule has 0 atom stereocenters. The van der Waals surface area contributed by atoms with Crippen LogP contribution in [0.1, 0.15) is 36.8 Å². The number of benzene rings is 2. The van der Waals surface area contributed by atoms with Crippen molar-refractivity contribution < 1.29 is 0 Å². The molecule has 2 heterocycles. The van der Waals surface area contributed by atoms with Crippen LogP contribution in [0, 0.1) is 13.8 Å². The van der Waals surface area contributed by atoms with E-state index in [2.05, 4.69) is 82.4 Å². The average molecular weight is 451 g/mol. The van der Waals surface area contributed by atoms with Crippen molar-refractivity contribution in [2.45, 2.75) is 45.6 Å². The SMILES string of the molecule is Cc1ccc(NC2CCN(C(=S)CCCN3CCN(c4ccc(C)cc4)CC3)CC2)cc1. The maximum absolute atomic E-state index is 5.80. The summed E-state index contributed by atoms with van der Waals surface area (Å²) in [6.07, 6.45) is 4.54. The lowest BCUT2D eigenvalue weighted by molar-refractivity contribution is 0.254. The molecule has 2 aliphatic rings. The van der Waals surface area contributed by atoms with Crippen molar-refractivity contribution in [2.75, 3.05) is 56.0 Å². The highest BCUT2D eigenvalue weighted by molar-refractivity contribution is 7.80. The minimum atomic E-state index is 0.557. The van der Waals surface area contributed by atoms with E-state index < -0.39 is 0 Å². The van der Waals surface area contributed by atoms with Crippen LogP contribution >= 0.6 is 12.2 Å². The highest BCUT2D eigenvalue weighted by Gasteiger charge is 2.21. The van der Waals surface area contributed by atoms with Crippen LogP contribution in [-0.2, 0) is 0 Å². The van der Waals surface area contributed by atoms with Gasteiger partial charge in [0.2, 0.25) is 0 Å². The van der Waals surface area contributed by atoms with Crippen molar-refractivity contribution in [2.24, 2.45) is 0 Å². The van der Waals surface area contributed by atoms with Gasteiger partial charge in [0.05, 0.1) is 4.99 Å². The summed E-state index contributed by atoms with van der Waals surface area (Å²) in [6, 6.07) is 18.2. The van der Waals surface area contributed by atoms with Crippen molar-refractivity contribution >= 4 is 28.6 Å². The van der Waals surface area contributed by atoms with Crippen molar-refractivity contribution in [3.63, 3.8) is 0 Å². The summed E-state index contributed by atoms with van der Waals surface area (Å²) in [5.41, 5.74) is 5.23. The molecule has 2 fully saturated rings. The van der Waals surface area contributed by atoms with Crippen molar-refractivity contribution in [1.82, 2.24) is 9.80 Å². The van der Waals surface area contributed by atoms with E-state index in [-0.39, 0.29) is 0 Å². The first-order valence-corrected chi connectivity index (χ1v) is 12.6. The zero-order valence-electron chi connectivity index (χ0n) is 19.7. The van der Waals surface area contributed by atoms with Crippen LogP contribution in [0.5, 0.6) is 0 Å². The van der Waals surface area contributed by atoms with Crippen LogP contribution < -0.4 is 10.2 Å². The van der Waals surface area contributed by atoms with Gasteiger partial charge >= 0.3 is 0 Å². The number of nitrogens with one attached hydrogen (secondary N) is 1. The third-order valence-corrected chi connectivity index (χ3v) is 7.37. The van der Waals surface area contributed by atoms with E-state index in [1.54, 1.807) is 0 Å². The van der Waals surface area contributed by atoms with Crippen LogP contribution in [0.15, 0.2) is 48.5 Å². The molecule has 2 aromatic carbocycles. The Balaban J connectivity index is 1.11. The molecule has 1 N–H and O–H groups in total. The maximum atomic E-state index is 5.80. The number of hydrogen-bond donors (Lipinski definition) is 1. The standard InChI is InChI=1S/C27H38N4S/c1-22-5-9-24(10-6-22)28-25-13-16-31(17-14-25)27(32)4-3-15-29-18-20-30(21-19-29)26-11-7-23(2)8-12-26/h5-12,25,28H,3-4,13-21H2,1-2H3. The Labute approximate surface area is 199 Å². The summed E-state index contributed by atoms with van der Waals surface area (Å²) in [5, 5.41) is 3.69. The first-order chi connectivity index (χ1) is 15.6. The molecule has 2 aliphatic heterocycles. The van der Waals surface area contributed by atoms with Gasteiger partial charge in [0, 0.05) is 56.7 Å². The fraction of sp³-hybridized carbons (Fsp3) is 0.519. The minimum absolute atomic E-state index is 0.557. The zero-order valence-corrected chi connectivity index (χ0v) is 20.5. The molecule has 0 spiro atoms. The van der Waals surface area contributed by atoms with Gasteiger partial charge in [-0.3, -0.25) is 4.90 Å². The zero-order chi connectivity index (χ0) is 22.3. The Bertz CT molecular complexity index is 848. The van der Waals surface area contributed by atoms with E-state index in [0.717, 1.165) is 70.1 Å². The van der Waals surface area contributed by atoms with Crippen LogP contribution in [0.25, 0.3) is 0 Å². The molecule has 172 valence electrons. The molecule has 5 heteroatoms. The normalized spacial score (nSPS) is 18.1. The predicted molar refractivity (Wildman–Crippen MR) is 141 cm³/mol. The summed E-state index contributed by atoms with van der Waals surface area (Å²) >= 11 is 5.80. The van der Waals surface area contributed by atoms with Crippen LogP contribution in [0.2, 0.25) is 0 Å². The van der Waals surface area contributed by atoms with E-state index in [9.17, 15) is 0 Å². The highest BCUT2D eigenvalue weighted by Crippen LogP contribution is 2.20. The van der Waals surface area contributed by atoms with E-state index in [0.29, 0.717) is 6.04 Å². The lowest BCUT2D eigenvalue weighted by Crippen LogP contribution is -2.47. The van der Waals surface area contributed by atoms with Gasteiger partial charge in [-0.1, -0.05) is 47.6 Å². The van der Waals surface area contributed by atoms with E-state index in [1.165, 1.54) is 28.9 Å². The second-order valence-corrected chi connectivity index (χ2v) is 9.90. The molecule has 32 heavy (non-hydrogen) atoms. The van der Waals surface area contributed by atoms with Crippen LogP contribution in [0.3, 0.4) is 0 Å². The minimum Gasteiger partial charge on any atom is -0.382 e. The van der Waals surface area contributed by atoms with Crippen LogP contribution in [-0.4, -0.2) is 66.6 Å². The van der Waals surface area contributed by atoms with E-state index in [4.69, 9.17) is 12.2 Å². The smallest absolute Gasteiger partial charge is 0.0779 e. The van der Waals surface area contributed by atoms with Gasteiger partial charge in [0.1, 0.15) is 0 Å². The van der Waals surface area contributed by atoms with Gasteiger partial charge in [-0.2, -0.15) is 0 Å². The Hall–Kier alpha value is -2.11. The molecule has 0 aromatic heterocycles. The van der Waals surface area contributed by atoms with Crippen molar-refractivity contribution in [1.29, 1.82) is 0 Å². The number of nitrogens with zero attached hydrogens (tertiary/aromatic N) is 3. The van der Waals surface area contributed by atoms with Crippen molar-refractivity contribution in [3.05, 3.63) is 59.7 Å². The molecule has 2 saturated heterocycles. The van der Waals surface area contributed by atoms with Gasteiger partial charge in [-0.05, 0) is 70.3 Å². The summed E-state index contributed by atoms with van der Waals surface area (Å²) in [7, 11) is 0. The fourth-order valence-corrected chi connectivity index (χ4v) is 5.08. The second kappa shape index (κ2) is 11.2. The molecule has 0 radical (unpaired) electrons. The highest BCUT2D eigenvalue weighted by atomic mass is 32.1. The number of thiocarbonyl (C=S) groups is 1. The fourth-order valence-electron chi connectivity index (χ4n) is 4.76. The lowest BCUT2D eigenvalue weighted by Gasteiger charge is -2.37. The molecule has 0 saturated carbocycles. The molecular formula is C27H38N4S. The Morgan fingerprint density at radius 2 is 1.44 bits per heavy atom. The maximum Gasteiger partial charge on any atom is 0.0779 e. The van der Waals surface area contributed by atoms with Crippen molar-refractivity contribution in [3.8, 4) is 0 Å². The predicted octanol–water partition coefficient (Wildman–Crippen LogP) is 5.11. The number of piperazine rings is 1. The van der Waals surface area contributed by atoms with E-state index in [1.807, 2.05) is 0 Å². The number of anilines is 2. The Morgan fingerprint density at radius 1 is 0.844 bits per heavy atom. The topological polar surface area (TPSA) is 21.8 Å².